The van der Waals surface area contributed by atoms with Crippen LogP contribution in [0, 0.1) is 5.41 Å². The van der Waals surface area contributed by atoms with E-state index in [4.69, 9.17) is 21.4 Å². The normalized spacial score (nSPS) is 26.9. The molecule has 0 bridgehead atoms. The van der Waals surface area contributed by atoms with Gasteiger partial charge in [-0.3, -0.25) is 4.79 Å². The SMILES string of the molecule is CC1CN(C(=O)C(C)(C)CCl)CC(CO)O1. The van der Waals surface area contributed by atoms with Crippen LogP contribution >= 0.6 is 11.6 Å². The van der Waals surface area contributed by atoms with E-state index in [2.05, 4.69) is 0 Å². The molecule has 1 saturated heterocycles. The van der Waals surface area contributed by atoms with E-state index in [9.17, 15) is 4.79 Å². The van der Waals surface area contributed by atoms with E-state index < -0.39 is 5.41 Å². The van der Waals surface area contributed by atoms with Crippen LogP contribution in [-0.4, -0.2) is 53.7 Å². The predicted molar refractivity (Wildman–Crippen MR) is 62.5 cm³/mol. The largest absolute Gasteiger partial charge is 0.394 e. The molecule has 94 valence electrons. The monoisotopic (exact) mass is 249 g/mol. The number of halogens is 1. The van der Waals surface area contributed by atoms with E-state index in [1.54, 1.807) is 4.90 Å². The van der Waals surface area contributed by atoms with E-state index >= 15 is 0 Å². The Morgan fingerprint density at radius 3 is 2.69 bits per heavy atom. The number of ether oxygens (including phenoxy) is 1. The van der Waals surface area contributed by atoms with Crippen LogP contribution in [0.2, 0.25) is 0 Å². The Balaban J connectivity index is 2.69. The minimum absolute atomic E-state index is 0.0242. The third-order valence-corrected chi connectivity index (χ3v) is 3.40. The zero-order valence-electron chi connectivity index (χ0n) is 10.1. The van der Waals surface area contributed by atoms with E-state index in [1.165, 1.54) is 0 Å². The van der Waals surface area contributed by atoms with Gasteiger partial charge in [0.2, 0.25) is 5.91 Å². The predicted octanol–water partition coefficient (Wildman–Crippen LogP) is 0.860. The van der Waals surface area contributed by atoms with Crippen molar-refractivity contribution in [2.45, 2.75) is 33.0 Å². The number of aliphatic hydroxyl groups is 1. The highest BCUT2D eigenvalue weighted by atomic mass is 35.5. The van der Waals surface area contributed by atoms with Crippen LogP contribution in [-0.2, 0) is 9.53 Å². The van der Waals surface area contributed by atoms with Gasteiger partial charge >= 0.3 is 0 Å². The Bertz CT molecular complexity index is 258. The second kappa shape index (κ2) is 5.34. The summed E-state index contributed by atoms with van der Waals surface area (Å²) in [6.07, 6.45) is -0.320. The van der Waals surface area contributed by atoms with Gasteiger partial charge in [-0.05, 0) is 20.8 Å². The van der Waals surface area contributed by atoms with Crippen LogP contribution in [0.15, 0.2) is 0 Å². The summed E-state index contributed by atoms with van der Waals surface area (Å²) in [5.41, 5.74) is -0.557. The highest BCUT2D eigenvalue weighted by Gasteiger charge is 2.35. The summed E-state index contributed by atoms with van der Waals surface area (Å²) in [7, 11) is 0. The zero-order chi connectivity index (χ0) is 12.3. The second-order valence-corrected chi connectivity index (χ2v) is 5.25. The molecular formula is C11H20ClNO3. The quantitative estimate of drug-likeness (QED) is 0.755. The van der Waals surface area contributed by atoms with Crippen molar-refractivity contribution < 1.29 is 14.6 Å². The molecule has 1 rings (SSSR count). The Morgan fingerprint density at radius 1 is 1.56 bits per heavy atom. The molecule has 0 aromatic carbocycles. The molecule has 0 saturated carbocycles. The number of morpholine rings is 1. The van der Waals surface area contributed by atoms with Crippen molar-refractivity contribution in [3.63, 3.8) is 0 Å². The van der Waals surface area contributed by atoms with Gasteiger partial charge in [0.1, 0.15) is 0 Å². The minimum atomic E-state index is -0.557. The lowest BCUT2D eigenvalue weighted by atomic mass is 9.93. The molecule has 1 amide bonds. The van der Waals surface area contributed by atoms with Gasteiger partial charge in [-0.15, -0.1) is 11.6 Å². The minimum Gasteiger partial charge on any atom is -0.394 e. The van der Waals surface area contributed by atoms with Crippen molar-refractivity contribution in [3.05, 3.63) is 0 Å². The molecule has 0 aromatic rings. The number of amides is 1. The Hall–Kier alpha value is -0.320. The summed E-state index contributed by atoms with van der Waals surface area (Å²) in [6.45, 7) is 6.51. The lowest BCUT2D eigenvalue weighted by molar-refractivity contribution is -0.154. The summed E-state index contributed by atoms with van der Waals surface area (Å²) in [5, 5.41) is 9.08. The maximum Gasteiger partial charge on any atom is 0.229 e. The van der Waals surface area contributed by atoms with Crippen molar-refractivity contribution in [1.82, 2.24) is 4.90 Å². The number of carbonyl (C=O) groups excluding carboxylic acids is 1. The molecule has 5 heteroatoms. The number of nitrogens with zero attached hydrogens (tertiary/aromatic N) is 1. The Labute approximate surface area is 102 Å². The number of hydrogen-bond acceptors (Lipinski definition) is 3. The lowest BCUT2D eigenvalue weighted by Crippen LogP contribution is -2.53. The first-order chi connectivity index (χ1) is 7.40. The van der Waals surface area contributed by atoms with Crippen molar-refractivity contribution in [2.24, 2.45) is 5.41 Å². The first-order valence-corrected chi connectivity index (χ1v) is 6.06. The zero-order valence-corrected chi connectivity index (χ0v) is 10.8. The smallest absolute Gasteiger partial charge is 0.229 e. The fourth-order valence-electron chi connectivity index (χ4n) is 1.80. The summed E-state index contributed by atoms with van der Waals surface area (Å²) in [4.78, 5) is 13.9. The van der Waals surface area contributed by atoms with Crippen LogP contribution in [0.1, 0.15) is 20.8 Å². The molecule has 0 aliphatic carbocycles. The fourth-order valence-corrected chi connectivity index (χ4v) is 1.91. The van der Waals surface area contributed by atoms with Crippen LogP contribution in [0.4, 0.5) is 0 Å². The van der Waals surface area contributed by atoms with Crippen molar-refractivity contribution in [2.75, 3.05) is 25.6 Å². The Morgan fingerprint density at radius 2 is 2.19 bits per heavy atom. The van der Waals surface area contributed by atoms with Crippen LogP contribution in [0.3, 0.4) is 0 Å². The highest BCUT2D eigenvalue weighted by Crippen LogP contribution is 2.23. The molecule has 16 heavy (non-hydrogen) atoms. The van der Waals surface area contributed by atoms with Crippen molar-refractivity contribution >= 4 is 17.5 Å². The van der Waals surface area contributed by atoms with Gasteiger partial charge in [0.05, 0.1) is 24.2 Å². The third kappa shape index (κ3) is 3.09. The molecule has 1 N–H and O–H groups in total. The molecule has 1 heterocycles. The molecule has 2 unspecified atom stereocenters. The van der Waals surface area contributed by atoms with Gasteiger partial charge in [-0.1, -0.05) is 0 Å². The average Bonchev–Trinajstić information content (AvgIpc) is 2.27. The standard InChI is InChI=1S/C11H20ClNO3/c1-8-4-13(5-9(6-14)16-8)10(15)11(2,3)7-12/h8-9,14H,4-7H2,1-3H3. The summed E-state index contributed by atoms with van der Waals surface area (Å²) >= 11 is 5.79. The Kier molecular flexibility index (Phi) is 4.59. The number of hydrogen-bond donors (Lipinski definition) is 1. The van der Waals surface area contributed by atoms with E-state index in [1.807, 2.05) is 20.8 Å². The van der Waals surface area contributed by atoms with Gasteiger partial charge in [0.15, 0.2) is 0 Å². The molecule has 1 aliphatic heterocycles. The summed E-state index contributed by atoms with van der Waals surface area (Å²) < 4.78 is 5.49. The van der Waals surface area contributed by atoms with Crippen LogP contribution in [0.25, 0.3) is 0 Å². The molecular weight excluding hydrogens is 230 g/mol. The maximum atomic E-state index is 12.2. The fraction of sp³-hybridized carbons (Fsp3) is 0.909. The second-order valence-electron chi connectivity index (χ2n) is 4.98. The lowest BCUT2D eigenvalue weighted by Gasteiger charge is -2.39. The number of alkyl halides is 1. The van der Waals surface area contributed by atoms with E-state index in [-0.39, 0.29) is 24.7 Å². The maximum absolute atomic E-state index is 12.2. The van der Waals surface area contributed by atoms with Crippen molar-refractivity contribution in [3.8, 4) is 0 Å². The molecule has 0 spiro atoms. The molecule has 1 aliphatic rings. The first-order valence-electron chi connectivity index (χ1n) is 5.52. The third-order valence-electron chi connectivity index (χ3n) is 2.73. The van der Waals surface area contributed by atoms with Gasteiger partial charge in [-0.25, -0.2) is 0 Å². The highest BCUT2D eigenvalue weighted by molar-refractivity contribution is 6.19. The molecule has 1 fully saturated rings. The van der Waals surface area contributed by atoms with Gasteiger partial charge < -0.3 is 14.7 Å². The average molecular weight is 250 g/mol. The van der Waals surface area contributed by atoms with Crippen molar-refractivity contribution in [1.29, 1.82) is 0 Å². The van der Waals surface area contributed by atoms with Gasteiger partial charge in [-0.2, -0.15) is 0 Å². The molecule has 2 atom stereocenters. The molecule has 0 radical (unpaired) electrons. The first kappa shape index (κ1) is 13.7. The van der Waals surface area contributed by atoms with Gasteiger partial charge in [0.25, 0.3) is 0 Å². The van der Waals surface area contributed by atoms with Crippen LogP contribution in [0.5, 0.6) is 0 Å². The number of carbonyl (C=O) groups is 1. The van der Waals surface area contributed by atoms with E-state index in [0.29, 0.717) is 19.0 Å². The summed E-state index contributed by atoms with van der Waals surface area (Å²) in [5.74, 6) is 0.317. The van der Waals surface area contributed by atoms with Crippen LogP contribution < -0.4 is 0 Å². The number of rotatable bonds is 3. The molecule has 4 nitrogen and oxygen atoms in total. The van der Waals surface area contributed by atoms with E-state index in [0.717, 1.165) is 0 Å². The van der Waals surface area contributed by atoms with Gasteiger partial charge in [0, 0.05) is 19.0 Å². The number of aliphatic hydroxyl groups excluding tert-OH is 1. The molecule has 0 aromatic heterocycles. The summed E-state index contributed by atoms with van der Waals surface area (Å²) in [6, 6.07) is 0. The topological polar surface area (TPSA) is 49.8 Å².